The summed E-state index contributed by atoms with van der Waals surface area (Å²) in [5.74, 6) is 0.261. The van der Waals surface area contributed by atoms with Gasteiger partial charge in [0, 0.05) is 0 Å². The summed E-state index contributed by atoms with van der Waals surface area (Å²) >= 11 is 5.98. The Labute approximate surface area is 120 Å². The molecule has 1 heterocycles. The number of aromatic nitrogens is 2. The molecule has 0 amide bonds. The zero-order valence-corrected chi connectivity index (χ0v) is 11.5. The number of H-pyrrole nitrogens is 1. The van der Waals surface area contributed by atoms with Gasteiger partial charge in [-0.25, -0.2) is 9.37 Å². The van der Waals surface area contributed by atoms with Gasteiger partial charge in [-0.1, -0.05) is 23.7 Å². The third-order valence-electron chi connectivity index (χ3n) is 2.99. The average Bonchev–Trinajstić information content (AvgIpc) is 2.88. The zero-order valence-electron chi connectivity index (χ0n) is 10.8. The van der Waals surface area contributed by atoms with Gasteiger partial charge >= 0.3 is 0 Å². The van der Waals surface area contributed by atoms with Crippen LogP contribution in [0.2, 0.25) is 5.02 Å². The van der Waals surface area contributed by atoms with Crippen molar-refractivity contribution in [1.82, 2.24) is 9.97 Å². The molecular weight excluding hydrogens is 279 g/mol. The maximum atomic E-state index is 14.3. The van der Waals surface area contributed by atoms with Gasteiger partial charge in [0.2, 0.25) is 0 Å². The van der Waals surface area contributed by atoms with Crippen LogP contribution in [0.1, 0.15) is 6.92 Å². The van der Waals surface area contributed by atoms with Crippen molar-refractivity contribution >= 4 is 22.6 Å². The number of aromatic amines is 1. The predicted molar refractivity (Wildman–Crippen MR) is 77.7 cm³/mol. The number of ether oxygens (including phenoxy) is 1. The quantitative estimate of drug-likeness (QED) is 0.775. The van der Waals surface area contributed by atoms with Crippen LogP contribution in [-0.4, -0.2) is 16.6 Å². The maximum absolute atomic E-state index is 14.3. The number of benzene rings is 2. The first-order valence-electron chi connectivity index (χ1n) is 6.26. The lowest BCUT2D eigenvalue weighted by molar-refractivity contribution is 0.338. The summed E-state index contributed by atoms with van der Waals surface area (Å²) in [4.78, 5) is 7.45. The van der Waals surface area contributed by atoms with Crippen molar-refractivity contribution in [3.63, 3.8) is 0 Å². The summed E-state index contributed by atoms with van der Waals surface area (Å²) in [5, 5.41) is -0.0233. The van der Waals surface area contributed by atoms with Gasteiger partial charge in [0.1, 0.15) is 16.6 Å². The van der Waals surface area contributed by atoms with Gasteiger partial charge in [-0.2, -0.15) is 0 Å². The van der Waals surface area contributed by atoms with Gasteiger partial charge in [-0.05, 0) is 31.2 Å². The van der Waals surface area contributed by atoms with Crippen LogP contribution in [0.5, 0.6) is 5.75 Å². The molecule has 0 atom stereocenters. The predicted octanol–water partition coefficient (Wildman–Crippen LogP) is 4.42. The summed E-state index contributed by atoms with van der Waals surface area (Å²) in [6.07, 6.45) is 0. The van der Waals surface area contributed by atoms with Crippen LogP contribution in [-0.2, 0) is 0 Å². The highest BCUT2D eigenvalue weighted by Gasteiger charge is 2.16. The molecule has 0 bridgehead atoms. The maximum Gasteiger partial charge on any atom is 0.156 e. The molecule has 0 spiro atoms. The fraction of sp³-hybridized carbons (Fsp3) is 0.133. The summed E-state index contributed by atoms with van der Waals surface area (Å²) in [5.41, 5.74) is 1.97. The molecular formula is C15H12ClFN2O. The summed E-state index contributed by atoms with van der Waals surface area (Å²) in [6, 6.07) is 10.8. The van der Waals surface area contributed by atoms with Crippen LogP contribution in [0.15, 0.2) is 36.4 Å². The number of nitrogens with zero attached hydrogens (tertiary/aromatic N) is 1. The van der Waals surface area contributed by atoms with Crippen LogP contribution >= 0.6 is 11.6 Å². The minimum atomic E-state index is -0.531. The first-order chi connectivity index (χ1) is 9.70. The highest BCUT2D eigenvalue weighted by molar-refractivity contribution is 6.32. The lowest BCUT2D eigenvalue weighted by atomic mass is 10.2. The molecule has 3 rings (SSSR count). The lowest BCUT2D eigenvalue weighted by Gasteiger charge is -2.08. The van der Waals surface area contributed by atoms with Crippen molar-refractivity contribution in [2.75, 3.05) is 6.61 Å². The van der Waals surface area contributed by atoms with Gasteiger partial charge in [-0.3, -0.25) is 0 Å². The van der Waals surface area contributed by atoms with Gasteiger partial charge in [0.15, 0.2) is 5.82 Å². The van der Waals surface area contributed by atoms with E-state index in [9.17, 15) is 4.39 Å². The monoisotopic (exact) mass is 290 g/mol. The Balaban J connectivity index is 2.12. The summed E-state index contributed by atoms with van der Waals surface area (Å²) < 4.78 is 19.6. The molecule has 0 aliphatic carbocycles. The summed E-state index contributed by atoms with van der Waals surface area (Å²) in [7, 11) is 0. The normalized spacial score (nSPS) is 10.9. The van der Waals surface area contributed by atoms with Crippen molar-refractivity contribution in [3.8, 4) is 17.1 Å². The molecule has 0 aliphatic rings. The topological polar surface area (TPSA) is 37.9 Å². The van der Waals surface area contributed by atoms with Crippen molar-refractivity contribution in [2.45, 2.75) is 6.92 Å². The Morgan fingerprint density at radius 1 is 1.25 bits per heavy atom. The van der Waals surface area contributed by atoms with Crippen LogP contribution < -0.4 is 4.74 Å². The van der Waals surface area contributed by atoms with E-state index in [1.165, 1.54) is 0 Å². The molecule has 3 nitrogen and oxygen atoms in total. The van der Waals surface area contributed by atoms with Crippen LogP contribution in [0, 0.1) is 5.82 Å². The van der Waals surface area contributed by atoms with Crippen molar-refractivity contribution in [2.24, 2.45) is 0 Å². The second kappa shape index (κ2) is 5.13. The van der Waals surface area contributed by atoms with Crippen molar-refractivity contribution < 1.29 is 9.13 Å². The second-order valence-corrected chi connectivity index (χ2v) is 4.65. The second-order valence-electron chi connectivity index (χ2n) is 4.27. The van der Waals surface area contributed by atoms with E-state index < -0.39 is 5.82 Å². The SMILES string of the molecule is CCOc1ccc(-c2nc3ccccc3[nH]2)c(F)c1Cl. The first kappa shape index (κ1) is 12.9. The molecule has 0 unspecified atom stereocenters. The van der Waals surface area contributed by atoms with Crippen molar-refractivity contribution in [1.29, 1.82) is 0 Å². The Hall–Kier alpha value is -2.07. The fourth-order valence-corrected chi connectivity index (χ4v) is 2.28. The van der Waals surface area contributed by atoms with Crippen LogP contribution in [0.4, 0.5) is 4.39 Å². The Kier molecular flexibility index (Phi) is 3.32. The third kappa shape index (κ3) is 2.12. The highest BCUT2D eigenvalue weighted by Crippen LogP contribution is 2.34. The average molecular weight is 291 g/mol. The molecule has 5 heteroatoms. The number of hydrogen-bond acceptors (Lipinski definition) is 2. The van der Waals surface area contributed by atoms with Crippen LogP contribution in [0.25, 0.3) is 22.4 Å². The zero-order chi connectivity index (χ0) is 14.1. The van der Waals surface area contributed by atoms with E-state index in [2.05, 4.69) is 9.97 Å². The fourth-order valence-electron chi connectivity index (χ4n) is 2.06. The minimum Gasteiger partial charge on any atom is -0.492 e. The molecule has 2 aromatic carbocycles. The molecule has 0 radical (unpaired) electrons. The van der Waals surface area contributed by atoms with E-state index in [-0.39, 0.29) is 5.02 Å². The third-order valence-corrected chi connectivity index (χ3v) is 3.34. The van der Waals surface area contributed by atoms with E-state index in [0.29, 0.717) is 23.7 Å². The van der Waals surface area contributed by atoms with Gasteiger partial charge in [0.05, 0.1) is 23.2 Å². The minimum absolute atomic E-state index is 0.0233. The number of rotatable bonds is 3. The van der Waals surface area contributed by atoms with E-state index in [1.807, 2.05) is 31.2 Å². The molecule has 1 aromatic heterocycles. The van der Waals surface area contributed by atoms with E-state index in [4.69, 9.17) is 16.3 Å². The number of hydrogen-bond donors (Lipinski definition) is 1. The Morgan fingerprint density at radius 3 is 2.80 bits per heavy atom. The first-order valence-corrected chi connectivity index (χ1v) is 6.64. The molecule has 102 valence electrons. The Bertz CT molecular complexity index is 737. The smallest absolute Gasteiger partial charge is 0.156 e. The molecule has 1 N–H and O–H groups in total. The van der Waals surface area contributed by atoms with Crippen molar-refractivity contribution in [3.05, 3.63) is 47.2 Å². The lowest BCUT2D eigenvalue weighted by Crippen LogP contribution is -1.95. The summed E-state index contributed by atoms with van der Waals surface area (Å²) in [6.45, 7) is 2.25. The number of para-hydroxylation sites is 2. The van der Waals surface area contributed by atoms with Gasteiger partial charge in [-0.15, -0.1) is 0 Å². The molecule has 20 heavy (non-hydrogen) atoms. The highest BCUT2D eigenvalue weighted by atomic mass is 35.5. The number of imidazole rings is 1. The largest absolute Gasteiger partial charge is 0.492 e. The Morgan fingerprint density at radius 2 is 2.05 bits per heavy atom. The van der Waals surface area contributed by atoms with Gasteiger partial charge < -0.3 is 9.72 Å². The standard InChI is InChI=1S/C15H12ClFN2O/c1-2-20-12-8-7-9(14(17)13(12)16)15-18-10-5-3-4-6-11(10)19-15/h3-8H,2H2,1H3,(H,18,19). The molecule has 0 saturated heterocycles. The van der Waals surface area contributed by atoms with E-state index in [1.54, 1.807) is 12.1 Å². The molecule has 0 fully saturated rings. The van der Waals surface area contributed by atoms with E-state index >= 15 is 0 Å². The number of halogens is 2. The number of nitrogens with one attached hydrogen (secondary N) is 1. The molecule has 0 aliphatic heterocycles. The van der Waals surface area contributed by atoms with E-state index in [0.717, 1.165) is 11.0 Å². The van der Waals surface area contributed by atoms with Gasteiger partial charge in [0.25, 0.3) is 0 Å². The molecule has 0 saturated carbocycles. The molecule has 3 aromatic rings. The van der Waals surface area contributed by atoms with Crippen LogP contribution in [0.3, 0.4) is 0 Å². The number of fused-ring (bicyclic) bond motifs is 1.